The molecule has 1 amide bonds. The Bertz CT molecular complexity index is 479. The molecule has 2 N–H and O–H groups in total. The van der Waals surface area contributed by atoms with Crippen molar-refractivity contribution < 1.29 is 4.79 Å². The highest BCUT2D eigenvalue weighted by atomic mass is 35.5. The smallest absolute Gasteiger partial charge is 0.230 e. The van der Waals surface area contributed by atoms with E-state index < -0.39 is 0 Å². The first kappa shape index (κ1) is 16.9. The monoisotopic (exact) mass is 346 g/mol. The summed E-state index contributed by atoms with van der Waals surface area (Å²) in [6.45, 7) is 2.94. The van der Waals surface area contributed by atoms with Gasteiger partial charge in [0.2, 0.25) is 5.91 Å². The molecule has 6 heteroatoms. The van der Waals surface area contributed by atoms with Crippen LogP contribution >= 0.6 is 35.0 Å². The summed E-state index contributed by atoms with van der Waals surface area (Å²) >= 11 is 13.4. The number of thioether (sulfide) groups is 1. The lowest BCUT2D eigenvalue weighted by atomic mass is 9.96. The Labute approximate surface area is 140 Å². The molecule has 1 unspecified atom stereocenters. The molecule has 1 fully saturated rings. The van der Waals surface area contributed by atoms with Crippen molar-refractivity contribution in [2.24, 2.45) is 5.92 Å². The van der Waals surface area contributed by atoms with Gasteiger partial charge in [0.25, 0.3) is 0 Å². The van der Waals surface area contributed by atoms with Gasteiger partial charge in [-0.1, -0.05) is 23.2 Å². The minimum absolute atomic E-state index is 0.0415. The molecule has 1 heterocycles. The predicted octanol–water partition coefficient (Wildman–Crippen LogP) is 3.59. The number of halogens is 2. The van der Waals surface area contributed by atoms with E-state index in [1.807, 2.05) is 0 Å². The molecule has 0 aromatic heterocycles. The van der Waals surface area contributed by atoms with E-state index in [1.165, 1.54) is 24.6 Å². The van der Waals surface area contributed by atoms with Crippen molar-refractivity contribution in [3.8, 4) is 0 Å². The maximum absolute atomic E-state index is 11.8. The highest BCUT2D eigenvalue weighted by Crippen LogP contribution is 2.29. The molecule has 0 radical (unpaired) electrons. The van der Waals surface area contributed by atoms with E-state index in [1.54, 1.807) is 18.2 Å². The van der Waals surface area contributed by atoms with Crippen LogP contribution in [0.3, 0.4) is 0 Å². The normalized spacial score (nSPS) is 18.5. The Morgan fingerprint density at radius 2 is 2.29 bits per heavy atom. The third kappa shape index (κ3) is 6.07. The average Bonchev–Trinajstić information content (AvgIpc) is 2.49. The first-order chi connectivity index (χ1) is 10.1. The lowest BCUT2D eigenvalue weighted by Crippen LogP contribution is -2.33. The van der Waals surface area contributed by atoms with Gasteiger partial charge in [0.1, 0.15) is 0 Å². The van der Waals surface area contributed by atoms with Crippen LogP contribution < -0.4 is 10.6 Å². The number of rotatable bonds is 6. The van der Waals surface area contributed by atoms with Crippen LogP contribution in [0.4, 0.5) is 0 Å². The summed E-state index contributed by atoms with van der Waals surface area (Å²) in [4.78, 5) is 12.7. The van der Waals surface area contributed by atoms with E-state index in [4.69, 9.17) is 23.2 Å². The lowest BCUT2D eigenvalue weighted by Gasteiger charge is -2.22. The highest BCUT2D eigenvalue weighted by Gasteiger charge is 2.13. The third-order valence-corrected chi connectivity index (χ3v) is 5.26. The van der Waals surface area contributed by atoms with E-state index in [9.17, 15) is 4.79 Å². The van der Waals surface area contributed by atoms with Crippen molar-refractivity contribution in [1.29, 1.82) is 0 Å². The zero-order chi connectivity index (χ0) is 15.1. The Morgan fingerprint density at radius 1 is 1.43 bits per heavy atom. The van der Waals surface area contributed by atoms with Crippen LogP contribution in [0, 0.1) is 5.92 Å². The zero-order valence-corrected chi connectivity index (χ0v) is 14.2. The molecule has 116 valence electrons. The first-order valence-electron chi connectivity index (χ1n) is 7.20. The fourth-order valence-corrected chi connectivity index (χ4v) is 3.69. The number of nitrogens with one attached hydrogen (secondary N) is 2. The average molecular weight is 347 g/mol. The second-order valence-electron chi connectivity index (χ2n) is 5.21. The molecular formula is C15H20Cl2N2OS. The number of hydrogen-bond donors (Lipinski definition) is 2. The zero-order valence-electron chi connectivity index (χ0n) is 11.8. The fraction of sp³-hybridized carbons (Fsp3) is 0.533. The minimum atomic E-state index is 0.0415. The molecule has 21 heavy (non-hydrogen) atoms. The van der Waals surface area contributed by atoms with Gasteiger partial charge in [0, 0.05) is 16.5 Å². The number of carbonyl (C=O) groups excluding carboxylic acids is 1. The van der Waals surface area contributed by atoms with E-state index in [0.29, 0.717) is 21.7 Å². The Morgan fingerprint density at radius 3 is 3.05 bits per heavy atom. The number of carbonyl (C=O) groups is 1. The second kappa shape index (κ2) is 8.89. The van der Waals surface area contributed by atoms with E-state index >= 15 is 0 Å². The second-order valence-corrected chi connectivity index (χ2v) is 7.08. The number of hydrogen-bond acceptors (Lipinski definition) is 3. The highest BCUT2D eigenvalue weighted by molar-refractivity contribution is 8.00. The molecule has 0 saturated carbocycles. The summed E-state index contributed by atoms with van der Waals surface area (Å²) in [7, 11) is 0. The molecular weight excluding hydrogens is 327 g/mol. The minimum Gasteiger partial charge on any atom is -0.355 e. The maximum atomic E-state index is 11.8. The predicted molar refractivity (Wildman–Crippen MR) is 90.4 cm³/mol. The molecule has 1 atom stereocenters. The molecule has 1 aromatic carbocycles. The van der Waals surface area contributed by atoms with E-state index in [0.717, 1.165) is 31.0 Å². The van der Waals surface area contributed by atoms with Crippen molar-refractivity contribution in [2.75, 3.05) is 25.4 Å². The van der Waals surface area contributed by atoms with Gasteiger partial charge >= 0.3 is 0 Å². The van der Waals surface area contributed by atoms with Crippen LogP contribution in [0.2, 0.25) is 10.0 Å². The molecule has 2 rings (SSSR count). The largest absolute Gasteiger partial charge is 0.355 e. The van der Waals surface area contributed by atoms with Gasteiger partial charge in [-0.15, -0.1) is 11.8 Å². The van der Waals surface area contributed by atoms with Crippen molar-refractivity contribution >= 4 is 40.9 Å². The molecule has 1 aliphatic rings. The standard InChI is InChI=1S/C15H20Cl2N2OS/c16-12-3-4-13(17)14(8-12)21-10-15(20)19-7-5-11-2-1-6-18-9-11/h3-4,8,11,18H,1-2,5-7,9-10H2,(H,19,20). The summed E-state index contributed by atoms with van der Waals surface area (Å²) in [5.74, 6) is 1.09. The number of benzene rings is 1. The van der Waals surface area contributed by atoms with Crippen molar-refractivity contribution in [1.82, 2.24) is 10.6 Å². The van der Waals surface area contributed by atoms with Crippen molar-refractivity contribution in [2.45, 2.75) is 24.2 Å². The van der Waals surface area contributed by atoms with Crippen LogP contribution in [0.1, 0.15) is 19.3 Å². The molecule has 0 spiro atoms. The number of piperidine rings is 1. The molecule has 3 nitrogen and oxygen atoms in total. The van der Waals surface area contributed by atoms with Gasteiger partial charge in [-0.3, -0.25) is 4.79 Å². The summed E-state index contributed by atoms with van der Waals surface area (Å²) in [6.07, 6.45) is 3.54. The van der Waals surface area contributed by atoms with E-state index in [2.05, 4.69) is 10.6 Å². The van der Waals surface area contributed by atoms with Gasteiger partial charge in [-0.2, -0.15) is 0 Å². The quantitative estimate of drug-likeness (QED) is 0.773. The van der Waals surface area contributed by atoms with Gasteiger partial charge in [-0.25, -0.2) is 0 Å². The van der Waals surface area contributed by atoms with E-state index in [-0.39, 0.29) is 5.91 Å². The lowest BCUT2D eigenvalue weighted by molar-refractivity contribution is -0.118. The Kier molecular flexibility index (Phi) is 7.17. The Hall–Kier alpha value is -0.420. The van der Waals surface area contributed by atoms with Crippen LogP contribution in [0.15, 0.2) is 23.1 Å². The van der Waals surface area contributed by atoms with Crippen LogP contribution in [0.5, 0.6) is 0 Å². The van der Waals surface area contributed by atoms with Crippen LogP contribution in [0.25, 0.3) is 0 Å². The van der Waals surface area contributed by atoms with Crippen molar-refractivity contribution in [3.05, 3.63) is 28.2 Å². The summed E-state index contributed by atoms with van der Waals surface area (Å²) in [6, 6.07) is 5.28. The van der Waals surface area contributed by atoms with Gasteiger partial charge < -0.3 is 10.6 Å². The third-order valence-electron chi connectivity index (χ3n) is 3.53. The topological polar surface area (TPSA) is 41.1 Å². The summed E-state index contributed by atoms with van der Waals surface area (Å²) in [5.41, 5.74) is 0. The van der Waals surface area contributed by atoms with Crippen molar-refractivity contribution in [3.63, 3.8) is 0 Å². The van der Waals surface area contributed by atoms with Gasteiger partial charge in [-0.05, 0) is 56.5 Å². The SMILES string of the molecule is O=C(CSc1cc(Cl)ccc1Cl)NCCC1CCCNC1. The molecule has 1 saturated heterocycles. The summed E-state index contributed by atoms with van der Waals surface area (Å²) in [5, 5.41) is 7.62. The molecule has 1 aliphatic heterocycles. The molecule has 0 aliphatic carbocycles. The Balaban J connectivity index is 1.66. The van der Waals surface area contributed by atoms with Crippen LogP contribution in [-0.2, 0) is 4.79 Å². The first-order valence-corrected chi connectivity index (χ1v) is 8.94. The maximum Gasteiger partial charge on any atom is 0.230 e. The van der Waals surface area contributed by atoms with Crippen LogP contribution in [-0.4, -0.2) is 31.3 Å². The molecule has 0 bridgehead atoms. The fourth-order valence-electron chi connectivity index (χ4n) is 2.37. The number of amides is 1. The van der Waals surface area contributed by atoms with Gasteiger partial charge in [0.05, 0.1) is 10.8 Å². The van der Waals surface area contributed by atoms with Gasteiger partial charge in [0.15, 0.2) is 0 Å². The molecule has 1 aromatic rings. The summed E-state index contributed by atoms with van der Waals surface area (Å²) < 4.78 is 0.